The molecular weight excluding hydrogens is 495 g/mol. The number of aromatic nitrogens is 2. The lowest BCUT2D eigenvalue weighted by atomic mass is 10.1. The molecule has 0 unspecified atom stereocenters. The van der Waals surface area contributed by atoms with Crippen molar-refractivity contribution in [2.75, 3.05) is 45.2 Å². The van der Waals surface area contributed by atoms with Crippen molar-refractivity contribution in [3.05, 3.63) is 42.2 Å². The molecule has 1 amide bonds. The monoisotopic (exact) mass is 526 g/mol. The summed E-state index contributed by atoms with van der Waals surface area (Å²) in [7, 11) is 5.29. The number of unbranched alkanes of at least 4 members (excludes halogenated alkanes) is 1. The fourth-order valence-electron chi connectivity index (χ4n) is 3.45. The zero-order valence-electron chi connectivity index (χ0n) is 17.9. The van der Waals surface area contributed by atoms with Crippen molar-refractivity contribution in [3.63, 3.8) is 0 Å². The van der Waals surface area contributed by atoms with E-state index in [1.807, 2.05) is 30.3 Å². The van der Waals surface area contributed by atoms with Gasteiger partial charge < -0.3 is 19.9 Å². The number of carbonyl (C=O) groups is 1. The first-order valence-corrected chi connectivity index (χ1v) is 9.98. The fourth-order valence-corrected chi connectivity index (χ4v) is 3.45. The number of hydrogen-bond donors (Lipinski definition) is 1. The number of anilines is 1. The van der Waals surface area contributed by atoms with Crippen LogP contribution in [0.3, 0.4) is 0 Å². The van der Waals surface area contributed by atoms with E-state index in [4.69, 9.17) is 4.74 Å². The first-order chi connectivity index (χ1) is 14.1. The van der Waals surface area contributed by atoms with E-state index in [1.54, 1.807) is 29.9 Å². The summed E-state index contributed by atoms with van der Waals surface area (Å²) in [6.45, 7) is 2.52. The molecule has 1 aromatic heterocycles. The normalized spacial score (nSPS) is 14.5. The van der Waals surface area contributed by atoms with Gasteiger partial charge in [-0.2, -0.15) is 5.10 Å². The number of guanidine groups is 1. The molecule has 1 saturated heterocycles. The van der Waals surface area contributed by atoms with Crippen LogP contribution in [0.2, 0.25) is 0 Å². The molecule has 9 heteroatoms. The minimum atomic E-state index is 0. The minimum absolute atomic E-state index is 0. The van der Waals surface area contributed by atoms with Crippen LogP contribution in [0.5, 0.6) is 5.75 Å². The highest BCUT2D eigenvalue weighted by Crippen LogP contribution is 2.16. The number of ether oxygens (including phenoxy) is 1. The van der Waals surface area contributed by atoms with Crippen LogP contribution < -0.4 is 15.0 Å². The number of nitrogens with zero attached hydrogens (tertiary/aromatic N) is 5. The summed E-state index contributed by atoms with van der Waals surface area (Å²) in [5, 5.41) is 7.54. The maximum absolute atomic E-state index is 12.6. The number of hydrogen-bond acceptors (Lipinski definition) is 4. The quantitative estimate of drug-likeness (QED) is 0.260. The van der Waals surface area contributed by atoms with Gasteiger partial charge in [0.2, 0.25) is 5.91 Å². The van der Waals surface area contributed by atoms with Gasteiger partial charge in [0.05, 0.1) is 19.0 Å². The molecule has 2 heterocycles. The Hall–Kier alpha value is -2.30. The highest BCUT2D eigenvalue weighted by atomic mass is 127. The second kappa shape index (κ2) is 11.8. The molecule has 0 atom stereocenters. The molecule has 1 N–H and O–H groups in total. The van der Waals surface area contributed by atoms with E-state index >= 15 is 0 Å². The average molecular weight is 526 g/mol. The summed E-state index contributed by atoms with van der Waals surface area (Å²) in [6, 6.07) is 8.21. The molecule has 1 aliphatic heterocycles. The Morgan fingerprint density at radius 1 is 1.23 bits per heavy atom. The van der Waals surface area contributed by atoms with Crippen LogP contribution >= 0.6 is 24.0 Å². The number of aliphatic imine (C=N–C) groups is 1. The molecule has 1 fully saturated rings. The SMILES string of the molecule is CN=C(NCCCCc1ccc(OC)cc1)N1CCN(c2cnn(C)c2)C(=O)C1.I. The maximum atomic E-state index is 12.6. The van der Waals surface area contributed by atoms with Crippen molar-refractivity contribution in [2.45, 2.75) is 19.3 Å². The van der Waals surface area contributed by atoms with E-state index in [-0.39, 0.29) is 29.9 Å². The number of piperazine rings is 1. The number of carbonyl (C=O) groups excluding carboxylic acids is 1. The van der Waals surface area contributed by atoms with Crippen LogP contribution in [0.4, 0.5) is 5.69 Å². The number of aryl methyl sites for hydroxylation is 2. The van der Waals surface area contributed by atoms with Gasteiger partial charge in [-0.25, -0.2) is 0 Å². The third-order valence-electron chi connectivity index (χ3n) is 5.07. The molecule has 164 valence electrons. The van der Waals surface area contributed by atoms with Gasteiger partial charge >= 0.3 is 0 Å². The predicted octanol–water partition coefficient (Wildman–Crippen LogP) is 2.29. The molecular formula is C21H31IN6O2. The lowest BCUT2D eigenvalue weighted by Gasteiger charge is -2.35. The van der Waals surface area contributed by atoms with Crippen LogP contribution in [0.1, 0.15) is 18.4 Å². The van der Waals surface area contributed by atoms with Gasteiger partial charge in [0.15, 0.2) is 5.96 Å². The molecule has 1 aliphatic rings. The molecule has 0 aliphatic carbocycles. The van der Waals surface area contributed by atoms with Gasteiger partial charge in [0.25, 0.3) is 0 Å². The minimum Gasteiger partial charge on any atom is -0.497 e. The van der Waals surface area contributed by atoms with Gasteiger partial charge in [-0.3, -0.25) is 14.5 Å². The third-order valence-corrected chi connectivity index (χ3v) is 5.07. The summed E-state index contributed by atoms with van der Waals surface area (Å²) in [5.74, 6) is 1.73. The van der Waals surface area contributed by atoms with Gasteiger partial charge in [0, 0.05) is 39.9 Å². The standard InChI is InChI=1S/C21H30N6O2.HI/c1-22-21(23-11-5-4-6-17-7-9-19(29-3)10-8-17)26-12-13-27(20(28)16-26)18-14-24-25(2)15-18;/h7-10,14-15H,4-6,11-13,16H2,1-3H3,(H,22,23);1H. The highest BCUT2D eigenvalue weighted by Gasteiger charge is 2.27. The predicted molar refractivity (Wildman–Crippen MR) is 130 cm³/mol. The number of nitrogens with one attached hydrogen (secondary N) is 1. The Bertz CT molecular complexity index is 836. The summed E-state index contributed by atoms with van der Waals surface area (Å²) in [5.41, 5.74) is 2.16. The highest BCUT2D eigenvalue weighted by molar-refractivity contribution is 14.0. The molecule has 3 rings (SSSR count). The molecule has 0 bridgehead atoms. The number of methoxy groups -OCH3 is 1. The Morgan fingerprint density at radius 3 is 2.60 bits per heavy atom. The lowest BCUT2D eigenvalue weighted by Crippen LogP contribution is -2.55. The molecule has 8 nitrogen and oxygen atoms in total. The smallest absolute Gasteiger partial charge is 0.246 e. The first kappa shape index (κ1) is 24.0. The molecule has 0 spiro atoms. The van der Waals surface area contributed by atoms with Crippen LogP contribution in [0, 0.1) is 0 Å². The third kappa shape index (κ3) is 6.35. The van der Waals surface area contributed by atoms with Gasteiger partial charge in [-0.1, -0.05) is 12.1 Å². The lowest BCUT2D eigenvalue weighted by molar-refractivity contribution is -0.120. The zero-order valence-corrected chi connectivity index (χ0v) is 20.2. The number of amides is 1. The van der Waals surface area contributed by atoms with Gasteiger partial charge in [-0.15, -0.1) is 24.0 Å². The topological polar surface area (TPSA) is 75.0 Å². The number of rotatable bonds is 7. The van der Waals surface area contributed by atoms with Crippen LogP contribution in [0.25, 0.3) is 0 Å². The molecule has 2 aromatic rings. The Morgan fingerprint density at radius 2 is 2.00 bits per heavy atom. The fraction of sp³-hybridized carbons (Fsp3) is 0.476. The maximum Gasteiger partial charge on any atom is 0.246 e. The zero-order chi connectivity index (χ0) is 20.6. The Labute approximate surface area is 195 Å². The van der Waals surface area contributed by atoms with Crippen molar-refractivity contribution < 1.29 is 9.53 Å². The van der Waals surface area contributed by atoms with Gasteiger partial charge in [0.1, 0.15) is 12.3 Å². The van der Waals surface area contributed by atoms with E-state index in [0.717, 1.165) is 49.7 Å². The van der Waals surface area contributed by atoms with Crippen LogP contribution in [0.15, 0.2) is 41.7 Å². The number of benzene rings is 1. The van der Waals surface area contributed by atoms with E-state index in [0.29, 0.717) is 13.1 Å². The second-order valence-electron chi connectivity index (χ2n) is 7.12. The van der Waals surface area contributed by atoms with E-state index in [9.17, 15) is 4.79 Å². The Balaban J connectivity index is 0.00000320. The van der Waals surface area contributed by atoms with Crippen molar-refractivity contribution in [3.8, 4) is 5.75 Å². The first-order valence-electron chi connectivity index (χ1n) is 9.98. The molecule has 0 radical (unpaired) electrons. The van der Waals surface area contributed by atoms with E-state index in [2.05, 4.69) is 27.5 Å². The summed E-state index contributed by atoms with van der Waals surface area (Å²) >= 11 is 0. The van der Waals surface area contributed by atoms with Crippen LogP contribution in [-0.2, 0) is 18.3 Å². The van der Waals surface area contributed by atoms with E-state index in [1.165, 1.54) is 5.56 Å². The largest absolute Gasteiger partial charge is 0.497 e. The molecule has 0 saturated carbocycles. The second-order valence-corrected chi connectivity index (χ2v) is 7.12. The Kier molecular flexibility index (Phi) is 9.41. The van der Waals surface area contributed by atoms with Crippen molar-refractivity contribution in [1.29, 1.82) is 0 Å². The van der Waals surface area contributed by atoms with Crippen molar-refractivity contribution in [2.24, 2.45) is 12.0 Å². The van der Waals surface area contributed by atoms with Gasteiger partial charge in [-0.05, 0) is 37.0 Å². The number of halogens is 1. The molecule has 30 heavy (non-hydrogen) atoms. The summed E-state index contributed by atoms with van der Waals surface area (Å²) in [6.07, 6.45) is 6.75. The van der Waals surface area contributed by atoms with Crippen molar-refractivity contribution in [1.82, 2.24) is 20.0 Å². The van der Waals surface area contributed by atoms with Crippen LogP contribution in [-0.4, -0.2) is 66.9 Å². The molecule has 1 aromatic carbocycles. The summed E-state index contributed by atoms with van der Waals surface area (Å²) < 4.78 is 6.90. The van der Waals surface area contributed by atoms with Crippen molar-refractivity contribution >= 4 is 41.5 Å². The average Bonchev–Trinajstić information content (AvgIpc) is 3.17. The van der Waals surface area contributed by atoms with E-state index < -0.39 is 0 Å². The summed E-state index contributed by atoms with van der Waals surface area (Å²) in [4.78, 5) is 20.7.